The van der Waals surface area contributed by atoms with Crippen LogP contribution < -0.4 is 15.2 Å². The van der Waals surface area contributed by atoms with Gasteiger partial charge in [-0.15, -0.1) is 0 Å². The maximum absolute atomic E-state index is 15.3. The Hall–Kier alpha value is -4.51. The van der Waals surface area contributed by atoms with Crippen molar-refractivity contribution in [2.75, 3.05) is 18.9 Å². The molecule has 0 unspecified atom stereocenters. The highest BCUT2D eigenvalue weighted by Gasteiger charge is 2.24. The van der Waals surface area contributed by atoms with Gasteiger partial charge in [0.05, 0.1) is 17.1 Å². The standard InChI is InChI=1S/C28H26F2N6O3/c1-35-8-2-3-20(35)15-38-21-12-18(29)13-22(14-21)39-24-5-4-17(11-23(24)30)26-25-27(31)32-16-33-28(25)36(34-26)19-6-9-37-10-7-19/h2-5,8,11-14,16,19H,6-7,9-10,15H2,1H3,(H2,31,32,33). The van der Waals surface area contributed by atoms with Crippen molar-refractivity contribution in [3.8, 4) is 28.5 Å². The minimum absolute atomic E-state index is 0.0740. The van der Waals surface area contributed by atoms with Crippen molar-refractivity contribution in [2.45, 2.75) is 25.5 Å². The Morgan fingerprint density at radius 3 is 2.64 bits per heavy atom. The molecular formula is C28H26F2N6O3. The molecule has 0 amide bonds. The van der Waals surface area contributed by atoms with E-state index in [1.54, 1.807) is 6.07 Å². The number of aromatic nitrogens is 5. The van der Waals surface area contributed by atoms with Gasteiger partial charge in [0, 0.05) is 50.2 Å². The summed E-state index contributed by atoms with van der Waals surface area (Å²) in [4.78, 5) is 8.53. The van der Waals surface area contributed by atoms with E-state index in [-0.39, 0.29) is 35.7 Å². The Bertz CT molecular complexity index is 1640. The first kappa shape index (κ1) is 24.8. The van der Waals surface area contributed by atoms with Crippen molar-refractivity contribution in [1.82, 2.24) is 24.3 Å². The van der Waals surface area contributed by atoms with Crippen LogP contribution in [0.15, 0.2) is 61.1 Å². The molecule has 200 valence electrons. The largest absolute Gasteiger partial charge is 0.487 e. The first-order chi connectivity index (χ1) is 19.0. The summed E-state index contributed by atoms with van der Waals surface area (Å²) in [6.45, 7) is 1.50. The van der Waals surface area contributed by atoms with Crippen molar-refractivity contribution < 1.29 is 23.0 Å². The monoisotopic (exact) mass is 532 g/mol. The maximum Gasteiger partial charge on any atom is 0.166 e. The molecule has 2 N–H and O–H groups in total. The molecule has 1 fully saturated rings. The summed E-state index contributed by atoms with van der Waals surface area (Å²) >= 11 is 0. The normalized spacial score (nSPS) is 14.1. The SMILES string of the molecule is Cn1cccc1COc1cc(F)cc(Oc2ccc(-c3nn(C4CCOCC4)c4ncnc(N)c34)cc2F)c1. The predicted molar refractivity (Wildman–Crippen MR) is 140 cm³/mol. The van der Waals surface area contributed by atoms with Crippen LogP contribution in [0.25, 0.3) is 22.3 Å². The van der Waals surface area contributed by atoms with Gasteiger partial charge in [-0.25, -0.2) is 23.4 Å². The van der Waals surface area contributed by atoms with Gasteiger partial charge in [-0.1, -0.05) is 0 Å². The van der Waals surface area contributed by atoms with Crippen LogP contribution in [0.3, 0.4) is 0 Å². The molecule has 6 rings (SSSR count). The van der Waals surface area contributed by atoms with Gasteiger partial charge in [-0.3, -0.25) is 0 Å². The van der Waals surface area contributed by atoms with E-state index in [0.717, 1.165) is 18.5 Å². The molecule has 5 aromatic rings. The van der Waals surface area contributed by atoms with Crippen molar-refractivity contribution in [3.05, 3.63) is 78.4 Å². The average molecular weight is 533 g/mol. The molecule has 0 saturated carbocycles. The topological polar surface area (TPSA) is 102 Å². The Labute approximate surface area is 222 Å². The minimum atomic E-state index is -0.646. The van der Waals surface area contributed by atoms with Crippen LogP contribution in [0.4, 0.5) is 14.6 Å². The number of benzene rings is 2. The average Bonchev–Trinajstić information content (AvgIpc) is 3.53. The van der Waals surface area contributed by atoms with Gasteiger partial charge in [0.25, 0.3) is 0 Å². The van der Waals surface area contributed by atoms with Gasteiger partial charge in [0.1, 0.15) is 41.8 Å². The summed E-state index contributed by atoms with van der Waals surface area (Å²) in [6.07, 6.45) is 4.86. The first-order valence-electron chi connectivity index (χ1n) is 12.5. The molecule has 1 aliphatic rings. The lowest BCUT2D eigenvalue weighted by molar-refractivity contribution is 0.0674. The summed E-state index contributed by atoms with van der Waals surface area (Å²) in [5.41, 5.74) is 8.67. The summed E-state index contributed by atoms with van der Waals surface area (Å²) in [7, 11) is 1.89. The molecule has 11 heteroatoms. The van der Waals surface area contributed by atoms with E-state index in [0.29, 0.717) is 35.5 Å². The molecule has 1 saturated heterocycles. The van der Waals surface area contributed by atoms with Gasteiger partial charge in [0.15, 0.2) is 17.2 Å². The zero-order valence-electron chi connectivity index (χ0n) is 21.2. The molecule has 39 heavy (non-hydrogen) atoms. The number of fused-ring (bicyclic) bond motifs is 1. The van der Waals surface area contributed by atoms with Crippen LogP contribution in [0.5, 0.6) is 17.2 Å². The highest BCUT2D eigenvalue weighted by molar-refractivity contribution is 5.98. The van der Waals surface area contributed by atoms with E-state index in [1.807, 2.05) is 34.6 Å². The summed E-state index contributed by atoms with van der Waals surface area (Å²) in [6, 6.07) is 12.3. The number of hydrogen-bond acceptors (Lipinski definition) is 7. The van der Waals surface area contributed by atoms with Crippen LogP contribution in [-0.4, -0.2) is 37.5 Å². The van der Waals surface area contributed by atoms with Crippen LogP contribution in [0.2, 0.25) is 0 Å². The molecule has 4 heterocycles. The quantitative estimate of drug-likeness (QED) is 0.299. The van der Waals surface area contributed by atoms with Crippen molar-refractivity contribution >= 4 is 16.9 Å². The second-order valence-electron chi connectivity index (χ2n) is 9.36. The van der Waals surface area contributed by atoms with Crippen LogP contribution in [0.1, 0.15) is 24.6 Å². The first-order valence-corrected chi connectivity index (χ1v) is 12.5. The Morgan fingerprint density at radius 2 is 1.87 bits per heavy atom. The maximum atomic E-state index is 15.3. The van der Waals surface area contributed by atoms with Crippen molar-refractivity contribution in [2.24, 2.45) is 7.05 Å². The van der Waals surface area contributed by atoms with E-state index in [4.69, 9.17) is 25.0 Å². The highest BCUT2D eigenvalue weighted by atomic mass is 19.1. The fourth-order valence-corrected chi connectivity index (χ4v) is 4.72. The second kappa shape index (κ2) is 10.3. The summed E-state index contributed by atoms with van der Waals surface area (Å²) in [5.74, 6) is -0.648. The van der Waals surface area contributed by atoms with Crippen molar-refractivity contribution in [3.63, 3.8) is 0 Å². The number of rotatable bonds is 7. The smallest absolute Gasteiger partial charge is 0.166 e. The molecule has 9 nitrogen and oxygen atoms in total. The van der Waals surface area contributed by atoms with Gasteiger partial charge in [-0.05, 0) is 43.2 Å². The Morgan fingerprint density at radius 1 is 1.05 bits per heavy atom. The van der Waals surface area contributed by atoms with E-state index < -0.39 is 11.6 Å². The third kappa shape index (κ3) is 5.00. The lowest BCUT2D eigenvalue weighted by Crippen LogP contribution is -2.20. The van der Waals surface area contributed by atoms with Crippen LogP contribution in [0, 0.1) is 11.6 Å². The van der Waals surface area contributed by atoms with Gasteiger partial charge in [0.2, 0.25) is 0 Å². The molecule has 1 aliphatic heterocycles. The number of ether oxygens (including phenoxy) is 3. The number of anilines is 1. The molecule has 0 bridgehead atoms. The van der Waals surface area contributed by atoms with Gasteiger partial charge in [-0.2, -0.15) is 5.10 Å². The predicted octanol–water partition coefficient (Wildman–Crippen LogP) is 5.42. The van der Waals surface area contributed by atoms with E-state index >= 15 is 4.39 Å². The lowest BCUT2D eigenvalue weighted by Gasteiger charge is -2.22. The molecular weight excluding hydrogens is 506 g/mol. The molecule has 0 radical (unpaired) electrons. The zero-order chi connectivity index (χ0) is 26.9. The Kier molecular flexibility index (Phi) is 6.57. The fourth-order valence-electron chi connectivity index (χ4n) is 4.72. The second-order valence-corrected chi connectivity index (χ2v) is 9.36. The summed E-state index contributed by atoms with van der Waals surface area (Å²) in [5, 5.41) is 5.33. The lowest BCUT2D eigenvalue weighted by atomic mass is 10.1. The third-order valence-corrected chi connectivity index (χ3v) is 6.77. The summed E-state index contributed by atoms with van der Waals surface area (Å²) < 4.78 is 50.2. The van der Waals surface area contributed by atoms with Gasteiger partial charge < -0.3 is 24.5 Å². The van der Waals surface area contributed by atoms with E-state index in [9.17, 15) is 4.39 Å². The van der Waals surface area contributed by atoms with Crippen molar-refractivity contribution in [1.29, 1.82) is 0 Å². The molecule has 0 aliphatic carbocycles. The molecule has 0 atom stereocenters. The number of hydrogen-bond donors (Lipinski definition) is 1. The van der Waals surface area contributed by atoms with Crippen LogP contribution in [-0.2, 0) is 18.4 Å². The number of nitrogens with zero attached hydrogens (tertiary/aromatic N) is 5. The Balaban J connectivity index is 1.27. The zero-order valence-corrected chi connectivity index (χ0v) is 21.2. The number of halogens is 2. The minimum Gasteiger partial charge on any atom is -0.487 e. The molecule has 0 spiro atoms. The van der Waals surface area contributed by atoms with E-state index in [1.165, 1.54) is 36.7 Å². The third-order valence-electron chi connectivity index (χ3n) is 6.77. The molecule has 2 aromatic carbocycles. The number of aryl methyl sites for hydroxylation is 1. The van der Waals surface area contributed by atoms with Crippen LogP contribution >= 0.6 is 0 Å². The van der Waals surface area contributed by atoms with E-state index in [2.05, 4.69) is 9.97 Å². The number of nitrogens with two attached hydrogens (primary N) is 1. The van der Waals surface area contributed by atoms with Gasteiger partial charge >= 0.3 is 0 Å². The highest BCUT2D eigenvalue weighted by Crippen LogP contribution is 2.36. The fraction of sp³-hybridized carbons (Fsp3) is 0.250. The number of nitrogen functional groups attached to an aromatic ring is 1. The molecule has 3 aromatic heterocycles.